The van der Waals surface area contributed by atoms with E-state index in [9.17, 15) is 4.79 Å². The lowest BCUT2D eigenvalue weighted by molar-refractivity contribution is -0.145. The first-order valence-corrected chi connectivity index (χ1v) is 10.2. The second-order valence-electron chi connectivity index (χ2n) is 8.88. The fraction of sp³-hybridized carbons (Fsp3) is 0.609. The number of nitrogens with one attached hydrogen (secondary N) is 1. The lowest BCUT2D eigenvalue weighted by Crippen LogP contribution is -2.40. The minimum absolute atomic E-state index is 0.0143. The Morgan fingerprint density at radius 3 is 2.85 bits per heavy atom. The molecule has 26 heavy (non-hydrogen) atoms. The van der Waals surface area contributed by atoms with E-state index in [1.807, 2.05) is 6.07 Å². The van der Waals surface area contributed by atoms with Gasteiger partial charge in [-0.2, -0.15) is 0 Å². The average Bonchev–Trinajstić information content (AvgIpc) is 2.92. The maximum Gasteiger partial charge on any atom is 0.311 e. The smallest absolute Gasteiger partial charge is 0.311 e. The minimum Gasteiger partial charge on any atom is -0.461 e. The van der Waals surface area contributed by atoms with Gasteiger partial charge in [0, 0.05) is 18.5 Å². The van der Waals surface area contributed by atoms with Gasteiger partial charge in [-0.25, -0.2) is 0 Å². The third kappa shape index (κ3) is 3.11. The van der Waals surface area contributed by atoms with Gasteiger partial charge in [-0.3, -0.25) is 4.79 Å². The van der Waals surface area contributed by atoms with Crippen LogP contribution in [0, 0.1) is 23.2 Å². The molecule has 1 unspecified atom stereocenters. The summed E-state index contributed by atoms with van der Waals surface area (Å²) in [4.78, 5) is 12.6. The van der Waals surface area contributed by atoms with Crippen LogP contribution >= 0.6 is 0 Å². The van der Waals surface area contributed by atoms with Crippen molar-refractivity contribution in [3.8, 4) is 0 Å². The lowest BCUT2D eigenvalue weighted by atomic mass is 9.59. The summed E-state index contributed by atoms with van der Waals surface area (Å²) < 4.78 is 5.84. The van der Waals surface area contributed by atoms with E-state index in [0.29, 0.717) is 12.5 Å². The van der Waals surface area contributed by atoms with Crippen LogP contribution in [0.2, 0.25) is 0 Å². The van der Waals surface area contributed by atoms with Crippen LogP contribution in [0.1, 0.15) is 58.1 Å². The van der Waals surface area contributed by atoms with Crippen LogP contribution in [0.25, 0.3) is 0 Å². The molecule has 0 aromatic heterocycles. The molecule has 1 aromatic rings. The van der Waals surface area contributed by atoms with Crippen LogP contribution in [-0.4, -0.2) is 18.6 Å². The molecule has 2 aliphatic carbocycles. The first-order chi connectivity index (χ1) is 12.5. The molecule has 0 bridgehead atoms. The second-order valence-corrected chi connectivity index (χ2v) is 8.88. The molecule has 1 saturated carbocycles. The van der Waals surface area contributed by atoms with E-state index in [2.05, 4.69) is 56.4 Å². The highest BCUT2D eigenvalue weighted by Gasteiger charge is 2.51. The highest BCUT2D eigenvalue weighted by atomic mass is 16.6. The molecule has 0 amide bonds. The number of allylic oxidation sites excluding steroid dienone is 1. The van der Waals surface area contributed by atoms with Crippen LogP contribution in [-0.2, 0) is 9.53 Å². The highest BCUT2D eigenvalue weighted by molar-refractivity contribution is 5.76. The van der Waals surface area contributed by atoms with Crippen molar-refractivity contribution >= 4 is 5.97 Å². The van der Waals surface area contributed by atoms with E-state index in [1.165, 1.54) is 24.8 Å². The standard InChI is InChI=1S/C23H31NO2/c1-15-8-7-11-23(3)13-21-18(12-20(15)23)19(22(25)26-21)14-24-16(2)17-9-5-4-6-10-17/h4-6,9-10,12,15-16,18-19,21,24H,7-8,11,13-14H2,1-3H3/t15-,16-,18+,19?,21+,23+/m0/s1. The summed E-state index contributed by atoms with van der Waals surface area (Å²) in [5.41, 5.74) is 3.08. The summed E-state index contributed by atoms with van der Waals surface area (Å²) in [7, 11) is 0. The van der Waals surface area contributed by atoms with Gasteiger partial charge in [-0.1, -0.05) is 62.2 Å². The number of benzene rings is 1. The Morgan fingerprint density at radius 1 is 1.31 bits per heavy atom. The Balaban J connectivity index is 1.50. The van der Waals surface area contributed by atoms with Gasteiger partial charge in [0.05, 0.1) is 5.92 Å². The molecule has 1 N–H and O–H groups in total. The van der Waals surface area contributed by atoms with E-state index in [4.69, 9.17) is 4.74 Å². The number of fused-ring (bicyclic) bond motifs is 2. The SMILES string of the molecule is C[C@H](NCC1C(=O)O[C@@H]2C[C@@]3(C)CCC[C@H](C)C3=C[C@H]12)c1ccccc1. The minimum atomic E-state index is -0.0580. The summed E-state index contributed by atoms with van der Waals surface area (Å²) >= 11 is 0. The fourth-order valence-electron chi connectivity index (χ4n) is 5.45. The van der Waals surface area contributed by atoms with Crippen LogP contribution < -0.4 is 5.32 Å². The maximum absolute atomic E-state index is 12.6. The molecule has 2 fully saturated rings. The topological polar surface area (TPSA) is 38.3 Å². The Hall–Kier alpha value is -1.61. The zero-order chi connectivity index (χ0) is 18.3. The number of hydrogen-bond acceptors (Lipinski definition) is 3. The van der Waals surface area contributed by atoms with Crippen molar-refractivity contribution in [2.75, 3.05) is 6.54 Å². The predicted octanol–water partition coefficient (Wildman–Crippen LogP) is 4.65. The molecule has 1 heterocycles. The quantitative estimate of drug-likeness (QED) is 0.632. The third-order valence-electron chi connectivity index (χ3n) is 7.02. The molecular formula is C23H31NO2. The fourth-order valence-corrected chi connectivity index (χ4v) is 5.45. The lowest BCUT2D eigenvalue weighted by Gasteiger charge is -2.46. The second kappa shape index (κ2) is 6.84. The Bertz CT molecular complexity index is 697. The summed E-state index contributed by atoms with van der Waals surface area (Å²) in [6.45, 7) is 7.57. The molecule has 1 aliphatic heterocycles. The molecule has 3 nitrogen and oxygen atoms in total. The highest BCUT2D eigenvalue weighted by Crippen LogP contribution is 2.53. The number of hydrogen-bond donors (Lipinski definition) is 1. The van der Waals surface area contributed by atoms with E-state index >= 15 is 0 Å². The Morgan fingerprint density at radius 2 is 2.08 bits per heavy atom. The molecule has 6 atom stereocenters. The molecule has 0 spiro atoms. The Labute approximate surface area is 157 Å². The molecule has 3 heteroatoms. The van der Waals surface area contributed by atoms with E-state index < -0.39 is 0 Å². The number of rotatable bonds is 4. The van der Waals surface area contributed by atoms with Crippen LogP contribution in [0.3, 0.4) is 0 Å². The average molecular weight is 354 g/mol. The van der Waals surface area contributed by atoms with Crippen molar-refractivity contribution in [2.45, 2.75) is 58.6 Å². The number of esters is 1. The molecule has 3 aliphatic rings. The first-order valence-electron chi connectivity index (χ1n) is 10.2. The van der Waals surface area contributed by atoms with Gasteiger partial charge in [-0.15, -0.1) is 0 Å². The van der Waals surface area contributed by atoms with Gasteiger partial charge in [0.15, 0.2) is 0 Å². The zero-order valence-corrected chi connectivity index (χ0v) is 16.2. The van der Waals surface area contributed by atoms with Crippen molar-refractivity contribution in [3.05, 3.63) is 47.5 Å². The summed E-state index contributed by atoms with van der Waals surface area (Å²) in [5.74, 6) is 0.806. The van der Waals surface area contributed by atoms with Gasteiger partial charge < -0.3 is 10.1 Å². The predicted molar refractivity (Wildman–Crippen MR) is 104 cm³/mol. The van der Waals surface area contributed by atoms with Gasteiger partial charge in [0.2, 0.25) is 0 Å². The normalized spacial score (nSPS) is 37.3. The third-order valence-corrected chi connectivity index (χ3v) is 7.02. The molecular weight excluding hydrogens is 322 g/mol. The number of carbonyl (C=O) groups excluding carboxylic acids is 1. The molecule has 1 aromatic carbocycles. The van der Waals surface area contributed by atoms with Crippen molar-refractivity contribution in [1.82, 2.24) is 5.32 Å². The molecule has 140 valence electrons. The molecule has 4 rings (SSSR count). The van der Waals surface area contributed by atoms with Gasteiger partial charge in [-0.05, 0) is 43.1 Å². The number of carbonyl (C=O) groups is 1. The van der Waals surface area contributed by atoms with E-state index in [-0.39, 0.29) is 35.4 Å². The Kier molecular flexibility index (Phi) is 4.68. The number of ether oxygens (including phenoxy) is 1. The van der Waals surface area contributed by atoms with Crippen LogP contribution in [0.15, 0.2) is 42.0 Å². The van der Waals surface area contributed by atoms with Crippen molar-refractivity contribution in [2.24, 2.45) is 23.2 Å². The summed E-state index contributed by atoms with van der Waals surface area (Å²) in [6, 6.07) is 10.6. The summed E-state index contributed by atoms with van der Waals surface area (Å²) in [5, 5.41) is 3.57. The first kappa shape index (κ1) is 17.8. The molecule has 1 saturated heterocycles. The monoisotopic (exact) mass is 353 g/mol. The molecule has 0 radical (unpaired) electrons. The largest absolute Gasteiger partial charge is 0.461 e. The van der Waals surface area contributed by atoms with E-state index in [0.717, 1.165) is 6.42 Å². The van der Waals surface area contributed by atoms with Crippen LogP contribution in [0.4, 0.5) is 0 Å². The summed E-state index contributed by atoms with van der Waals surface area (Å²) in [6.07, 6.45) is 7.31. The van der Waals surface area contributed by atoms with Gasteiger partial charge >= 0.3 is 5.97 Å². The maximum atomic E-state index is 12.6. The van der Waals surface area contributed by atoms with E-state index in [1.54, 1.807) is 5.57 Å². The van der Waals surface area contributed by atoms with Crippen LogP contribution in [0.5, 0.6) is 0 Å². The van der Waals surface area contributed by atoms with Gasteiger partial charge in [0.25, 0.3) is 0 Å². The van der Waals surface area contributed by atoms with Crippen molar-refractivity contribution < 1.29 is 9.53 Å². The van der Waals surface area contributed by atoms with Crippen molar-refractivity contribution in [3.63, 3.8) is 0 Å². The van der Waals surface area contributed by atoms with Crippen molar-refractivity contribution in [1.29, 1.82) is 0 Å². The van der Waals surface area contributed by atoms with Gasteiger partial charge in [0.1, 0.15) is 6.10 Å². The zero-order valence-electron chi connectivity index (χ0n) is 16.2.